The highest BCUT2D eigenvalue weighted by Gasteiger charge is 2.29. The molecule has 0 radical (unpaired) electrons. The van der Waals surface area contributed by atoms with Crippen LogP contribution in [0.5, 0.6) is 11.5 Å². The number of unbranched alkanes of at least 4 members (excludes halogenated alkanes) is 1. The van der Waals surface area contributed by atoms with E-state index < -0.39 is 28.3 Å². The second-order valence-corrected chi connectivity index (χ2v) is 10.0. The minimum Gasteiger partial charge on any atom is -0.486 e. The van der Waals surface area contributed by atoms with Gasteiger partial charge in [-0.05, 0) is 60.9 Å². The highest BCUT2D eigenvalue weighted by Crippen LogP contribution is 2.34. The Morgan fingerprint density at radius 1 is 1.00 bits per heavy atom. The smallest absolute Gasteiger partial charge is 0.264 e. The molecule has 35 heavy (non-hydrogen) atoms. The molecule has 1 N–H and O–H groups in total. The maximum Gasteiger partial charge on any atom is 0.264 e. The minimum absolute atomic E-state index is 0.0324. The molecule has 0 spiro atoms. The largest absolute Gasteiger partial charge is 0.486 e. The summed E-state index contributed by atoms with van der Waals surface area (Å²) in [6.07, 6.45) is 3.12. The molecule has 0 saturated heterocycles. The van der Waals surface area contributed by atoms with Crippen molar-refractivity contribution >= 4 is 27.3 Å². The van der Waals surface area contributed by atoms with E-state index in [-0.39, 0.29) is 10.6 Å². The van der Waals surface area contributed by atoms with Crippen molar-refractivity contribution in [3.8, 4) is 11.5 Å². The number of fused-ring (bicyclic) bond motifs is 1. The van der Waals surface area contributed by atoms with Gasteiger partial charge in [-0.15, -0.1) is 0 Å². The summed E-state index contributed by atoms with van der Waals surface area (Å²) in [6, 6.07) is 16.8. The van der Waals surface area contributed by atoms with Crippen LogP contribution < -0.4 is 19.1 Å². The number of carbonyl (C=O) groups excluding carboxylic acids is 1. The normalized spacial score (nSPS) is 12.7. The summed E-state index contributed by atoms with van der Waals surface area (Å²) in [6.45, 7) is 2.24. The van der Waals surface area contributed by atoms with Crippen LogP contribution in [0.3, 0.4) is 0 Å². The fourth-order valence-corrected chi connectivity index (χ4v) is 5.15. The number of anilines is 2. The lowest BCUT2D eigenvalue weighted by atomic mass is 10.1. The molecule has 0 atom stereocenters. The average Bonchev–Trinajstić information content (AvgIpc) is 2.86. The van der Waals surface area contributed by atoms with E-state index in [2.05, 4.69) is 12.2 Å². The maximum atomic E-state index is 14.0. The van der Waals surface area contributed by atoms with E-state index in [0.717, 1.165) is 35.2 Å². The van der Waals surface area contributed by atoms with Crippen LogP contribution in [0.25, 0.3) is 0 Å². The Morgan fingerprint density at radius 3 is 2.46 bits per heavy atom. The van der Waals surface area contributed by atoms with Crippen LogP contribution in [0.15, 0.2) is 71.6 Å². The number of ether oxygens (including phenoxy) is 2. The second-order valence-electron chi connectivity index (χ2n) is 8.15. The molecule has 0 bridgehead atoms. The van der Waals surface area contributed by atoms with Crippen LogP contribution in [0.4, 0.5) is 15.8 Å². The van der Waals surface area contributed by atoms with Crippen molar-refractivity contribution in [1.82, 2.24) is 0 Å². The molecule has 1 amide bonds. The van der Waals surface area contributed by atoms with Crippen LogP contribution in [-0.4, -0.2) is 34.1 Å². The van der Waals surface area contributed by atoms with Crippen molar-refractivity contribution in [2.45, 2.75) is 31.1 Å². The Morgan fingerprint density at radius 2 is 1.74 bits per heavy atom. The lowest BCUT2D eigenvalue weighted by Gasteiger charge is -2.25. The molecule has 9 heteroatoms. The van der Waals surface area contributed by atoms with Gasteiger partial charge in [0.2, 0.25) is 5.91 Å². The zero-order valence-corrected chi connectivity index (χ0v) is 20.2. The van der Waals surface area contributed by atoms with Gasteiger partial charge < -0.3 is 14.8 Å². The number of sulfonamides is 1. The molecular formula is C26H27FN2O5S. The van der Waals surface area contributed by atoms with Gasteiger partial charge in [-0.2, -0.15) is 0 Å². The van der Waals surface area contributed by atoms with Crippen molar-refractivity contribution < 1.29 is 27.1 Å². The number of aryl methyl sites for hydroxylation is 1. The summed E-state index contributed by atoms with van der Waals surface area (Å²) in [5.41, 5.74) is 1.74. The summed E-state index contributed by atoms with van der Waals surface area (Å²) >= 11 is 0. The number of halogens is 1. The van der Waals surface area contributed by atoms with E-state index in [1.54, 1.807) is 12.1 Å². The van der Waals surface area contributed by atoms with Crippen molar-refractivity contribution in [3.05, 3.63) is 78.1 Å². The van der Waals surface area contributed by atoms with E-state index in [1.807, 2.05) is 12.1 Å². The molecule has 0 fully saturated rings. The van der Waals surface area contributed by atoms with Gasteiger partial charge in [0.25, 0.3) is 10.0 Å². The standard InChI is InChI=1S/C26H27FN2O5S/c1-2-3-5-19-8-10-21(11-9-19)28-26(30)18-29(22-7-4-6-20(27)16-22)35(31,32)23-12-13-24-25(17-23)34-15-14-33-24/h4,6-13,16-17H,2-3,5,14-15,18H2,1H3,(H,28,30). The minimum atomic E-state index is -4.24. The molecule has 3 aromatic carbocycles. The molecule has 0 saturated carbocycles. The summed E-state index contributed by atoms with van der Waals surface area (Å²) in [4.78, 5) is 12.8. The van der Waals surface area contributed by atoms with Gasteiger partial charge in [0, 0.05) is 11.8 Å². The molecule has 3 aromatic rings. The topological polar surface area (TPSA) is 84.9 Å². The molecule has 0 aromatic heterocycles. The number of nitrogens with one attached hydrogen (secondary N) is 1. The van der Waals surface area contributed by atoms with Gasteiger partial charge in [0.1, 0.15) is 25.6 Å². The lowest BCUT2D eigenvalue weighted by molar-refractivity contribution is -0.114. The molecule has 1 aliphatic rings. The van der Waals surface area contributed by atoms with E-state index in [1.165, 1.54) is 36.4 Å². The Hall–Kier alpha value is -3.59. The third-order valence-corrected chi connectivity index (χ3v) is 7.31. The zero-order valence-electron chi connectivity index (χ0n) is 19.4. The van der Waals surface area contributed by atoms with Gasteiger partial charge >= 0.3 is 0 Å². The zero-order chi connectivity index (χ0) is 24.8. The van der Waals surface area contributed by atoms with Crippen LogP contribution in [0.2, 0.25) is 0 Å². The van der Waals surface area contributed by atoms with Crippen molar-refractivity contribution in [1.29, 1.82) is 0 Å². The molecular weight excluding hydrogens is 471 g/mol. The van der Waals surface area contributed by atoms with Gasteiger partial charge in [0.15, 0.2) is 11.5 Å². The van der Waals surface area contributed by atoms with Crippen LogP contribution in [0, 0.1) is 5.82 Å². The van der Waals surface area contributed by atoms with E-state index in [0.29, 0.717) is 30.4 Å². The van der Waals surface area contributed by atoms with Gasteiger partial charge in [0.05, 0.1) is 10.6 Å². The number of nitrogens with zero attached hydrogens (tertiary/aromatic N) is 1. The summed E-state index contributed by atoms with van der Waals surface area (Å²) in [7, 11) is -4.24. The highest BCUT2D eigenvalue weighted by atomic mass is 32.2. The number of hydrogen-bond acceptors (Lipinski definition) is 5. The number of hydrogen-bond donors (Lipinski definition) is 1. The quantitative estimate of drug-likeness (QED) is 0.459. The second kappa shape index (κ2) is 10.8. The maximum absolute atomic E-state index is 14.0. The van der Waals surface area contributed by atoms with Crippen LogP contribution in [-0.2, 0) is 21.2 Å². The predicted octanol–water partition coefficient (Wildman–Crippen LogP) is 4.77. The van der Waals surface area contributed by atoms with Gasteiger partial charge in [-0.25, -0.2) is 12.8 Å². The predicted molar refractivity (Wildman–Crippen MR) is 132 cm³/mol. The van der Waals surface area contributed by atoms with Gasteiger partial charge in [-0.1, -0.05) is 31.5 Å². The molecule has 4 rings (SSSR count). The van der Waals surface area contributed by atoms with Crippen LogP contribution >= 0.6 is 0 Å². The fraction of sp³-hybridized carbons (Fsp3) is 0.269. The Kier molecular flexibility index (Phi) is 7.55. The number of benzene rings is 3. The molecule has 184 valence electrons. The molecule has 0 unspecified atom stereocenters. The molecule has 1 aliphatic heterocycles. The Balaban J connectivity index is 1.59. The van der Waals surface area contributed by atoms with Gasteiger partial charge in [-0.3, -0.25) is 9.10 Å². The number of carbonyl (C=O) groups is 1. The first-order valence-corrected chi connectivity index (χ1v) is 12.9. The summed E-state index contributed by atoms with van der Waals surface area (Å²) in [5, 5.41) is 2.73. The first-order chi connectivity index (χ1) is 16.9. The first kappa shape index (κ1) is 24.5. The molecule has 0 aliphatic carbocycles. The van der Waals surface area contributed by atoms with E-state index in [4.69, 9.17) is 9.47 Å². The SMILES string of the molecule is CCCCc1ccc(NC(=O)CN(c2cccc(F)c2)S(=O)(=O)c2ccc3c(c2)OCCO3)cc1. The molecule has 7 nitrogen and oxygen atoms in total. The van der Waals surface area contributed by atoms with Crippen molar-refractivity contribution in [3.63, 3.8) is 0 Å². The Bertz CT molecular complexity index is 1300. The number of amides is 1. The summed E-state index contributed by atoms with van der Waals surface area (Å²) in [5.74, 6) is -0.443. The molecule has 1 heterocycles. The monoisotopic (exact) mass is 498 g/mol. The lowest BCUT2D eigenvalue weighted by Crippen LogP contribution is -2.38. The third kappa shape index (κ3) is 5.92. The highest BCUT2D eigenvalue weighted by molar-refractivity contribution is 7.92. The summed E-state index contributed by atoms with van der Waals surface area (Å²) < 4.78 is 53.0. The van der Waals surface area contributed by atoms with E-state index >= 15 is 0 Å². The van der Waals surface area contributed by atoms with E-state index in [9.17, 15) is 17.6 Å². The van der Waals surface area contributed by atoms with Crippen molar-refractivity contribution in [2.24, 2.45) is 0 Å². The van der Waals surface area contributed by atoms with Crippen LogP contribution in [0.1, 0.15) is 25.3 Å². The number of rotatable bonds is 9. The van der Waals surface area contributed by atoms with Crippen molar-refractivity contribution in [2.75, 3.05) is 29.4 Å². The average molecular weight is 499 g/mol. The Labute approximate surface area is 204 Å². The fourth-order valence-electron chi connectivity index (χ4n) is 3.72. The third-order valence-electron chi connectivity index (χ3n) is 5.54. The first-order valence-electron chi connectivity index (χ1n) is 11.4.